The minimum Gasteiger partial charge on any atom is -0.345 e. The summed E-state index contributed by atoms with van der Waals surface area (Å²) >= 11 is 7.78. The summed E-state index contributed by atoms with van der Waals surface area (Å²) in [6, 6.07) is 12.0. The van der Waals surface area contributed by atoms with Gasteiger partial charge < -0.3 is 4.98 Å². The lowest BCUT2D eigenvalue weighted by atomic mass is 10.1. The molecule has 1 aromatic carbocycles. The Balaban J connectivity index is 1.93. The summed E-state index contributed by atoms with van der Waals surface area (Å²) < 4.78 is 0. The molecule has 96 valence electrons. The van der Waals surface area contributed by atoms with E-state index in [1.54, 1.807) is 11.3 Å². The Morgan fingerprint density at radius 2 is 2.16 bits per heavy atom. The van der Waals surface area contributed by atoms with Gasteiger partial charge in [-0.05, 0) is 30.5 Å². The third kappa shape index (κ3) is 2.72. The number of imidazole rings is 1. The Morgan fingerprint density at radius 1 is 1.26 bits per heavy atom. The van der Waals surface area contributed by atoms with E-state index in [4.69, 9.17) is 11.6 Å². The molecule has 19 heavy (non-hydrogen) atoms. The predicted molar refractivity (Wildman–Crippen MR) is 80.9 cm³/mol. The minimum atomic E-state index is 0.736. The lowest BCUT2D eigenvalue weighted by Gasteiger charge is -1.98. The summed E-state index contributed by atoms with van der Waals surface area (Å²) in [5.74, 6) is 0.995. The summed E-state index contributed by atoms with van der Waals surface area (Å²) in [5.41, 5.74) is 3.11. The maximum atomic E-state index is 6.03. The van der Waals surface area contributed by atoms with Gasteiger partial charge in [-0.1, -0.05) is 29.8 Å². The van der Waals surface area contributed by atoms with Crippen molar-refractivity contribution in [3.05, 3.63) is 63.2 Å². The number of H-pyrrole nitrogens is 1. The lowest BCUT2D eigenvalue weighted by molar-refractivity contribution is 1.03. The molecular weight excluding hydrogens is 276 g/mol. The van der Waals surface area contributed by atoms with Crippen LogP contribution in [-0.4, -0.2) is 9.97 Å². The normalized spacial score (nSPS) is 10.8. The molecule has 2 heterocycles. The maximum absolute atomic E-state index is 6.03. The number of halogens is 1. The van der Waals surface area contributed by atoms with E-state index in [0.717, 1.165) is 34.2 Å². The third-order valence-corrected chi connectivity index (χ3v) is 4.07. The smallest absolute Gasteiger partial charge is 0.112 e. The minimum absolute atomic E-state index is 0.736. The molecular formula is C15H13ClN2S. The first kappa shape index (κ1) is 12.5. The lowest BCUT2D eigenvalue weighted by Crippen LogP contribution is -1.87. The molecule has 3 rings (SSSR count). The van der Waals surface area contributed by atoms with Crippen LogP contribution >= 0.6 is 22.9 Å². The number of hydrogen-bond donors (Lipinski definition) is 1. The number of thiophene rings is 1. The molecule has 0 amide bonds. The highest BCUT2D eigenvalue weighted by Gasteiger charge is 2.10. The Bertz CT molecular complexity index is 686. The Hall–Kier alpha value is -1.58. The molecule has 0 saturated heterocycles. The number of rotatable bonds is 3. The molecule has 0 radical (unpaired) electrons. The average molecular weight is 289 g/mol. The molecule has 2 nitrogen and oxygen atoms in total. The molecule has 1 N–H and O–H groups in total. The molecule has 3 aromatic rings. The van der Waals surface area contributed by atoms with Gasteiger partial charge in [-0.3, -0.25) is 0 Å². The van der Waals surface area contributed by atoms with E-state index in [1.165, 1.54) is 4.88 Å². The van der Waals surface area contributed by atoms with Crippen molar-refractivity contribution in [3.63, 3.8) is 0 Å². The summed E-state index contributed by atoms with van der Waals surface area (Å²) in [6.07, 6.45) is 0.846. The fourth-order valence-electron chi connectivity index (χ4n) is 2.10. The van der Waals surface area contributed by atoms with Gasteiger partial charge in [0, 0.05) is 27.6 Å². The van der Waals surface area contributed by atoms with Crippen molar-refractivity contribution in [1.82, 2.24) is 9.97 Å². The first-order valence-corrected chi connectivity index (χ1v) is 7.32. The maximum Gasteiger partial charge on any atom is 0.112 e. The van der Waals surface area contributed by atoms with Crippen LogP contribution < -0.4 is 0 Å². The third-order valence-electron chi connectivity index (χ3n) is 2.95. The first-order chi connectivity index (χ1) is 9.22. The number of aromatic nitrogens is 2. The van der Waals surface area contributed by atoms with Crippen LogP contribution in [0.5, 0.6) is 0 Å². The summed E-state index contributed by atoms with van der Waals surface area (Å²) in [6.45, 7) is 2.04. The van der Waals surface area contributed by atoms with Crippen LogP contribution in [0.3, 0.4) is 0 Å². The number of aromatic amines is 1. The highest BCUT2D eigenvalue weighted by molar-refractivity contribution is 7.09. The van der Waals surface area contributed by atoms with Crippen LogP contribution in [-0.2, 0) is 6.42 Å². The summed E-state index contributed by atoms with van der Waals surface area (Å²) in [5, 5.41) is 2.82. The van der Waals surface area contributed by atoms with Crippen molar-refractivity contribution in [2.75, 3.05) is 0 Å². The number of hydrogen-bond acceptors (Lipinski definition) is 2. The van der Waals surface area contributed by atoms with Gasteiger partial charge in [0.2, 0.25) is 0 Å². The van der Waals surface area contributed by atoms with E-state index in [0.29, 0.717) is 0 Å². The van der Waals surface area contributed by atoms with E-state index >= 15 is 0 Å². The molecule has 0 unspecified atom stereocenters. The molecule has 0 saturated carbocycles. The van der Waals surface area contributed by atoms with E-state index in [-0.39, 0.29) is 0 Å². The summed E-state index contributed by atoms with van der Waals surface area (Å²) in [4.78, 5) is 9.35. The number of nitrogens with one attached hydrogen (secondary N) is 1. The van der Waals surface area contributed by atoms with Crippen LogP contribution in [0, 0.1) is 6.92 Å². The quantitative estimate of drug-likeness (QED) is 0.744. The highest BCUT2D eigenvalue weighted by atomic mass is 35.5. The van der Waals surface area contributed by atoms with Gasteiger partial charge in [-0.15, -0.1) is 11.3 Å². The van der Waals surface area contributed by atoms with E-state index < -0.39 is 0 Å². The van der Waals surface area contributed by atoms with Crippen LogP contribution in [0.25, 0.3) is 11.3 Å². The fourth-order valence-corrected chi connectivity index (χ4v) is 3.00. The van der Waals surface area contributed by atoms with Crippen molar-refractivity contribution in [3.8, 4) is 11.3 Å². The van der Waals surface area contributed by atoms with Gasteiger partial charge in [-0.2, -0.15) is 0 Å². The van der Waals surface area contributed by atoms with Crippen molar-refractivity contribution < 1.29 is 0 Å². The van der Waals surface area contributed by atoms with Crippen LogP contribution in [0.15, 0.2) is 41.8 Å². The largest absolute Gasteiger partial charge is 0.345 e. The molecule has 0 spiro atoms. The standard InChI is InChI=1S/C15H13ClN2S/c1-10-15(11-4-2-5-12(16)8-11)18-14(17-10)9-13-6-3-7-19-13/h2-8H,9H2,1H3,(H,17,18). The Kier molecular flexibility index (Phi) is 3.40. The molecule has 0 aliphatic heterocycles. The number of benzene rings is 1. The van der Waals surface area contributed by atoms with E-state index in [1.807, 2.05) is 31.2 Å². The zero-order chi connectivity index (χ0) is 13.2. The first-order valence-electron chi connectivity index (χ1n) is 6.06. The molecule has 0 aliphatic rings. The second-order valence-corrected chi connectivity index (χ2v) is 5.89. The molecule has 0 aliphatic carbocycles. The fraction of sp³-hybridized carbons (Fsp3) is 0.133. The summed E-state index contributed by atoms with van der Waals surface area (Å²) in [7, 11) is 0. The predicted octanol–water partition coefficient (Wildman–Crippen LogP) is 4.69. The average Bonchev–Trinajstić information content (AvgIpc) is 3.00. The second-order valence-electron chi connectivity index (χ2n) is 4.42. The molecule has 0 fully saturated rings. The van der Waals surface area contributed by atoms with Crippen LogP contribution in [0.4, 0.5) is 0 Å². The number of nitrogens with zero attached hydrogens (tertiary/aromatic N) is 1. The Labute approximate surface area is 121 Å². The van der Waals surface area contributed by atoms with Gasteiger partial charge in [-0.25, -0.2) is 4.98 Å². The highest BCUT2D eigenvalue weighted by Crippen LogP contribution is 2.25. The van der Waals surface area contributed by atoms with Gasteiger partial charge >= 0.3 is 0 Å². The van der Waals surface area contributed by atoms with Crippen LogP contribution in [0.2, 0.25) is 5.02 Å². The van der Waals surface area contributed by atoms with Crippen LogP contribution in [0.1, 0.15) is 16.4 Å². The van der Waals surface area contributed by atoms with Crippen molar-refractivity contribution >= 4 is 22.9 Å². The van der Waals surface area contributed by atoms with Crippen molar-refractivity contribution in [1.29, 1.82) is 0 Å². The zero-order valence-electron chi connectivity index (χ0n) is 10.5. The SMILES string of the molecule is Cc1[nH]c(Cc2cccs2)nc1-c1cccc(Cl)c1. The van der Waals surface area contributed by atoms with Gasteiger partial charge in [0.25, 0.3) is 0 Å². The van der Waals surface area contributed by atoms with Gasteiger partial charge in [0.05, 0.1) is 5.69 Å². The van der Waals surface area contributed by atoms with Crippen molar-refractivity contribution in [2.24, 2.45) is 0 Å². The molecule has 0 atom stereocenters. The molecule has 2 aromatic heterocycles. The van der Waals surface area contributed by atoms with E-state index in [2.05, 4.69) is 27.5 Å². The van der Waals surface area contributed by atoms with E-state index in [9.17, 15) is 0 Å². The van der Waals surface area contributed by atoms with Gasteiger partial charge in [0.15, 0.2) is 0 Å². The second kappa shape index (κ2) is 5.19. The monoisotopic (exact) mass is 288 g/mol. The topological polar surface area (TPSA) is 28.7 Å². The van der Waals surface area contributed by atoms with Crippen molar-refractivity contribution in [2.45, 2.75) is 13.3 Å². The van der Waals surface area contributed by atoms with Gasteiger partial charge in [0.1, 0.15) is 5.82 Å². The number of aryl methyl sites for hydroxylation is 1. The molecule has 4 heteroatoms. The Morgan fingerprint density at radius 3 is 2.89 bits per heavy atom. The molecule has 0 bridgehead atoms. The zero-order valence-corrected chi connectivity index (χ0v) is 12.1.